The zero-order chi connectivity index (χ0) is 20.9. The molecule has 3 aromatic rings. The van der Waals surface area contributed by atoms with E-state index in [4.69, 9.17) is 0 Å². The minimum atomic E-state index is -0.630. The molecule has 4 rings (SSSR count). The first kappa shape index (κ1) is 20.0. The van der Waals surface area contributed by atoms with E-state index in [0.717, 1.165) is 31.5 Å². The Labute approximate surface area is 174 Å². The van der Waals surface area contributed by atoms with Gasteiger partial charge in [-0.3, -0.25) is 4.79 Å². The number of hydrogen-bond donors (Lipinski definition) is 1. The van der Waals surface area contributed by atoms with Gasteiger partial charge < -0.3 is 10.2 Å². The summed E-state index contributed by atoms with van der Waals surface area (Å²) in [5.74, 6) is 0.0442. The number of benzene rings is 2. The Morgan fingerprint density at radius 1 is 1.23 bits per heavy atom. The van der Waals surface area contributed by atoms with Gasteiger partial charge in [0.1, 0.15) is 17.7 Å². The van der Waals surface area contributed by atoms with Crippen molar-refractivity contribution in [3.63, 3.8) is 0 Å². The maximum atomic E-state index is 13.6. The lowest BCUT2D eigenvalue weighted by Gasteiger charge is -2.20. The third-order valence-electron chi connectivity index (χ3n) is 5.46. The van der Waals surface area contributed by atoms with Gasteiger partial charge in [-0.25, -0.2) is 9.07 Å². The summed E-state index contributed by atoms with van der Waals surface area (Å²) in [5.41, 5.74) is 3.39. The monoisotopic (exact) mass is 408 g/mol. The summed E-state index contributed by atoms with van der Waals surface area (Å²) in [6.45, 7) is 4.20. The van der Waals surface area contributed by atoms with E-state index in [1.54, 1.807) is 19.1 Å². The normalized spacial score (nSPS) is 13.9. The van der Waals surface area contributed by atoms with Crippen LogP contribution in [0.2, 0.25) is 0 Å². The second kappa shape index (κ2) is 9.02. The number of halogens is 1. The Bertz CT molecular complexity index is 1020. The SMILES string of the molecule is Cc1nnnn1[C@H](Cc1cccc(F)c1)C(=O)NCCCN1CCc2ccccc21. The number of amides is 1. The molecule has 1 amide bonds. The van der Waals surface area contributed by atoms with Crippen molar-refractivity contribution in [2.75, 3.05) is 24.5 Å². The van der Waals surface area contributed by atoms with E-state index in [1.807, 2.05) is 0 Å². The molecule has 2 aromatic carbocycles. The highest BCUT2D eigenvalue weighted by molar-refractivity contribution is 5.80. The smallest absolute Gasteiger partial charge is 0.245 e. The van der Waals surface area contributed by atoms with E-state index in [-0.39, 0.29) is 11.7 Å². The molecule has 30 heavy (non-hydrogen) atoms. The van der Waals surface area contributed by atoms with Gasteiger partial charge in [0.2, 0.25) is 5.91 Å². The first-order valence-electron chi connectivity index (χ1n) is 10.2. The molecule has 8 heteroatoms. The number of para-hydroxylation sites is 1. The minimum absolute atomic E-state index is 0.170. The third kappa shape index (κ3) is 4.48. The van der Waals surface area contributed by atoms with Gasteiger partial charge in [0.05, 0.1) is 0 Å². The molecule has 2 heterocycles. The molecule has 0 unspecified atom stereocenters. The van der Waals surface area contributed by atoms with Crippen LogP contribution in [0.25, 0.3) is 0 Å². The van der Waals surface area contributed by atoms with Crippen LogP contribution in [-0.2, 0) is 17.6 Å². The van der Waals surface area contributed by atoms with Crippen molar-refractivity contribution in [2.24, 2.45) is 0 Å². The zero-order valence-corrected chi connectivity index (χ0v) is 17.0. The van der Waals surface area contributed by atoms with Crippen LogP contribution in [0.4, 0.5) is 10.1 Å². The maximum absolute atomic E-state index is 13.6. The van der Waals surface area contributed by atoms with Crippen LogP contribution in [-0.4, -0.2) is 45.7 Å². The van der Waals surface area contributed by atoms with E-state index in [1.165, 1.54) is 28.1 Å². The van der Waals surface area contributed by atoms with Gasteiger partial charge in [0, 0.05) is 31.7 Å². The first-order chi connectivity index (χ1) is 14.6. The molecule has 1 N–H and O–H groups in total. The van der Waals surface area contributed by atoms with Gasteiger partial charge in [0.15, 0.2) is 0 Å². The van der Waals surface area contributed by atoms with E-state index in [2.05, 4.69) is 50.0 Å². The van der Waals surface area contributed by atoms with Gasteiger partial charge in [0.25, 0.3) is 0 Å². The second-order valence-electron chi connectivity index (χ2n) is 7.53. The molecule has 1 aliphatic rings. The molecule has 1 aromatic heterocycles. The average molecular weight is 408 g/mol. The number of rotatable bonds is 8. The summed E-state index contributed by atoms with van der Waals surface area (Å²) in [7, 11) is 0. The minimum Gasteiger partial charge on any atom is -0.371 e. The Hall–Kier alpha value is -3.29. The molecule has 0 fully saturated rings. The lowest BCUT2D eigenvalue weighted by Crippen LogP contribution is -2.36. The molecular formula is C22H25FN6O. The third-order valence-corrected chi connectivity index (χ3v) is 5.46. The van der Waals surface area contributed by atoms with Crippen LogP contribution in [0.3, 0.4) is 0 Å². The van der Waals surface area contributed by atoms with Crippen LogP contribution in [0.5, 0.6) is 0 Å². The van der Waals surface area contributed by atoms with Crippen LogP contribution < -0.4 is 10.2 Å². The van der Waals surface area contributed by atoms with Gasteiger partial charge in [-0.05, 0) is 59.5 Å². The number of tetrazole rings is 1. The summed E-state index contributed by atoms with van der Waals surface area (Å²) in [6.07, 6.45) is 2.22. The molecule has 0 spiro atoms. The molecule has 1 atom stereocenters. The van der Waals surface area contributed by atoms with Gasteiger partial charge in [-0.15, -0.1) is 5.10 Å². The van der Waals surface area contributed by atoms with E-state index < -0.39 is 6.04 Å². The van der Waals surface area contributed by atoms with Gasteiger partial charge >= 0.3 is 0 Å². The lowest BCUT2D eigenvalue weighted by atomic mass is 10.0. The predicted molar refractivity (Wildman–Crippen MR) is 112 cm³/mol. The summed E-state index contributed by atoms with van der Waals surface area (Å²) >= 11 is 0. The number of aromatic nitrogens is 4. The number of nitrogens with one attached hydrogen (secondary N) is 1. The number of hydrogen-bond acceptors (Lipinski definition) is 5. The van der Waals surface area contributed by atoms with Crippen LogP contribution in [0.15, 0.2) is 48.5 Å². The molecule has 7 nitrogen and oxygen atoms in total. The quantitative estimate of drug-likeness (QED) is 0.580. The van der Waals surface area contributed by atoms with Crippen molar-refractivity contribution in [2.45, 2.75) is 32.2 Å². The summed E-state index contributed by atoms with van der Waals surface area (Å²) < 4.78 is 15.1. The molecule has 0 aliphatic carbocycles. The van der Waals surface area contributed by atoms with Gasteiger partial charge in [-0.2, -0.15) is 0 Å². The number of fused-ring (bicyclic) bond motifs is 1. The van der Waals surface area contributed by atoms with Crippen molar-refractivity contribution in [3.8, 4) is 0 Å². The largest absolute Gasteiger partial charge is 0.371 e. The molecule has 0 radical (unpaired) electrons. The number of carbonyl (C=O) groups is 1. The van der Waals surface area contributed by atoms with Crippen molar-refractivity contribution in [1.29, 1.82) is 0 Å². The highest BCUT2D eigenvalue weighted by Gasteiger charge is 2.24. The fourth-order valence-corrected chi connectivity index (χ4v) is 3.94. The fourth-order valence-electron chi connectivity index (χ4n) is 3.94. The van der Waals surface area contributed by atoms with Crippen LogP contribution in [0, 0.1) is 12.7 Å². The molecular weight excluding hydrogens is 383 g/mol. The summed E-state index contributed by atoms with van der Waals surface area (Å²) in [5, 5.41) is 14.5. The van der Waals surface area contributed by atoms with Crippen molar-refractivity contribution >= 4 is 11.6 Å². The van der Waals surface area contributed by atoms with Crippen LogP contribution in [0.1, 0.15) is 29.4 Å². The lowest BCUT2D eigenvalue weighted by molar-refractivity contribution is -0.124. The van der Waals surface area contributed by atoms with E-state index in [9.17, 15) is 9.18 Å². The molecule has 1 aliphatic heterocycles. The van der Waals surface area contributed by atoms with E-state index in [0.29, 0.717) is 18.8 Å². The van der Waals surface area contributed by atoms with Crippen LogP contribution >= 0.6 is 0 Å². The second-order valence-corrected chi connectivity index (χ2v) is 7.53. The van der Waals surface area contributed by atoms with E-state index >= 15 is 0 Å². The Morgan fingerprint density at radius 2 is 2.10 bits per heavy atom. The maximum Gasteiger partial charge on any atom is 0.245 e. The number of aryl methyl sites for hydroxylation is 1. The molecule has 156 valence electrons. The van der Waals surface area contributed by atoms with Crippen molar-refractivity contribution in [3.05, 3.63) is 71.3 Å². The summed E-state index contributed by atoms with van der Waals surface area (Å²) in [4.78, 5) is 15.3. The Kier molecular flexibility index (Phi) is 6.02. The molecule has 0 bridgehead atoms. The highest BCUT2D eigenvalue weighted by Crippen LogP contribution is 2.27. The van der Waals surface area contributed by atoms with Crippen molar-refractivity contribution < 1.29 is 9.18 Å². The first-order valence-corrected chi connectivity index (χ1v) is 10.2. The Morgan fingerprint density at radius 3 is 2.90 bits per heavy atom. The Balaban J connectivity index is 1.36. The predicted octanol–water partition coefficient (Wildman–Crippen LogP) is 2.47. The summed E-state index contributed by atoms with van der Waals surface area (Å²) in [6, 6.07) is 14.1. The average Bonchev–Trinajstić information content (AvgIpc) is 3.35. The topological polar surface area (TPSA) is 75.9 Å². The highest BCUT2D eigenvalue weighted by atomic mass is 19.1. The number of nitrogens with zero attached hydrogens (tertiary/aromatic N) is 5. The molecule has 0 saturated carbocycles. The zero-order valence-electron chi connectivity index (χ0n) is 17.0. The standard InChI is InChI=1S/C22H25FN6O/c1-16-25-26-27-29(16)21(15-17-6-4-8-19(23)14-17)22(30)24-11-5-12-28-13-10-18-7-2-3-9-20(18)28/h2-4,6-9,14,21H,5,10-13,15H2,1H3,(H,24,30)/t21-/m1/s1. The number of anilines is 1. The fraction of sp³-hybridized carbons (Fsp3) is 0.364. The van der Waals surface area contributed by atoms with Gasteiger partial charge in [-0.1, -0.05) is 30.3 Å². The van der Waals surface area contributed by atoms with Crippen molar-refractivity contribution in [1.82, 2.24) is 25.5 Å². The number of carbonyl (C=O) groups excluding carboxylic acids is 1. The molecule has 0 saturated heterocycles.